The van der Waals surface area contributed by atoms with Crippen molar-refractivity contribution in [3.8, 4) is 0 Å². The molecule has 0 saturated carbocycles. The van der Waals surface area contributed by atoms with Crippen LogP contribution >= 0.6 is 7.92 Å². The van der Waals surface area contributed by atoms with Crippen LogP contribution in [0.25, 0.3) is 16.7 Å². The monoisotopic (exact) mass is 566 g/mol. The molecule has 0 N–H and O–H groups in total. The van der Waals surface area contributed by atoms with Crippen LogP contribution in [0.2, 0.25) is 0 Å². The molecule has 1 aliphatic carbocycles. The molecule has 0 fully saturated rings. The lowest BCUT2D eigenvalue weighted by molar-refractivity contribution is 0.721. The predicted octanol–water partition coefficient (Wildman–Crippen LogP) is 11.0. The molecule has 212 valence electrons. The Labute approximate surface area is 255 Å². The van der Waals surface area contributed by atoms with Crippen molar-refractivity contribution in [2.24, 2.45) is 11.8 Å². The SMILES string of the molecule is C=C(c1ccccc1)c1ccccc1/C(=C1/C=CC(c2ccc(P(CC(C)C)CC(C)C)cc2)=CC1)c1ccccc1. The minimum atomic E-state index is -0.110. The van der Waals surface area contributed by atoms with Gasteiger partial charge in [-0.15, -0.1) is 0 Å². The van der Waals surface area contributed by atoms with Crippen molar-refractivity contribution in [3.05, 3.63) is 167 Å². The van der Waals surface area contributed by atoms with E-state index in [1.54, 1.807) is 5.30 Å². The molecule has 0 aliphatic heterocycles. The van der Waals surface area contributed by atoms with Crippen molar-refractivity contribution in [3.63, 3.8) is 0 Å². The molecule has 5 rings (SSSR count). The predicted molar refractivity (Wildman–Crippen MR) is 188 cm³/mol. The van der Waals surface area contributed by atoms with Crippen LogP contribution in [0.3, 0.4) is 0 Å². The molecule has 0 amide bonds. The third-order valence-corrected chi connectivity index (χ3v) is 11.1. The first-order chi connectivity index (χ1) is 20.4. The summed E-state index contributed by atoms with van der Waals surface area (Å²) in [5, 5.41) is 1.54. The fourth-order valence-electron chi connectivity index (χ4n) is 5.86. The van der Waals surface area contributed by atoms with Gasteiger partial charge in [-0.05, 0) is 86.0 Å². The first kappa shape index (κ1) is 29.8. The Morgan fingerprint density at radius 2 is 1.19 bits per heavy atom. The quantitative estimate of drug-likeness (QED) is 0.168. The lowest BCUT2D eigenvalue weighted by Gasteiger charge is -2.23. The van der Waals surface area contributed by atoms with Crippen molar-refractivity contribution in [1.82, 2.24) is 0 Å². The van der Waals surface area contributed by atoms with Crippen molar-refractivity contribution in [1.29, 1.82) is 0 Å². The molecule has 0 bridgehead atoms. The van der Waals surface area contributed by atoms with Gasteiger partial charge in [0.05, 0.1) is 0 Å². The highest BCUT2D eigenvalue weighted by atomic mass is 31.1. The standard InChI is InChI=1S/C41H43P/c1-30(2)28-42(29-31(3)4)38-26-24-35(25-27-38)34-20-22-37(23-21-34)41(36-16-10-7-11-17-36)40-19-13-12-18-39(40)32(5)33-14-8-6-9-15-33/h6-22,24-27,30-31H,5,23,28-29H2,1-4H3/b41-37-. The maximum Gasteiger partial charge on any atom is -0.00699 e. The average Bonchev–Trinajstić information content (AvgIpc) is 3.02. The van der Waals surface area contributed by atoms with E-state index in [-0.39, 0.29) is 7.92 Å². The normalized spacial score (nSPS) is 14.4. The Balaban J connectivity index is 1.48. The van der Waals surface area contributed by atoms with Gasteiger partial charge in [-0.2, -0.15) is 0 Å². The maximum absolute atomic E-state index is 4.53. The van der Waals surface area contributed by atoms with Crippen LogP contribution < -0.4 is 5.30 Å². The van der Waals surface area contributed by atoms with E-state index in [0.29, 0.717) is 0 Å². The van der Waals surface area contributed by atoms with Gasteiger partial charge in [0.15, 0.2) is 0 Å². The highest BCUT2D eigenvalue weighted by Gasteiger charge is 2.18. The van der Waals surface area contributed by atoms with E-state index in [9.17, 15) is 0 Å². The van der Waals surface area contributed by atoms with Gasteiger partial charge in [0.25, 0.3) is 0 Å². The summed E-state index contributed by atoms with van der Waals surface area (Å²) < 4.78 is 0. The first-order valence-corrected chi connectivity index (χ1v) is 17.0. The fourth-order valence-corrected chi connectivity index (χ4v) is 8.76. The van der Waals surface area contributed by atoms with Crippen molar-refractivity contribution in [2.45, 2.75) is 34.1 Å². The topological polar surface area (TPSA) is 0 Å². The molecule has 0 nitrogen and oxygen atoms in total. The molecule has 4 aromatic carbocycles. The summed E-state index contributed by atoms with van der Waals surface area (Å²) in [6.07, 6.45) is 10.5. The third-order valence-electron chi connectivity index (χ3n) is 7.77. The molecule has 0 spiro atoms. The average molecular weight is 567 g/mol. The zero-order chi connectivity index (χ0) is 29.5. The Kier molecular flexibility index (Phi) is 9.89. The van der Waals surface area contributed by atoms with Gasteiger partial charge >= 0.3 is 0 Å². The minimum Gasteiger partial charge on any atom is -0.0905 e. The van der Waals surface area contributed by atoms with Crippen molar-refractivity contribution < 1.29 is 0 Å². The zero-order valence-electron chi connectivity index (χ0n) is 25.6. The summed E-state index contributed by atoms with van der Waals surface area (Å²) in [5.74, 6) is 1.47. The van der Waals surface area contributed by atoms with Gasteiger partial charge in [-0.1, -0.05) is 170 Å². The van der Waals surface area contributed by atoms with Gasteiger partial charge in [-0.3, -0.25) is 0 Å². The number of rotatable bonds is 10. The molecular formula is C41H43P. The van der Waals surface area contributed by atoms with Gasteiger partial charge in [0.1, 0.15) is 0 Å². The Bertz CT molecular complexity index is 1570. The van der Waals surface area contributed by atoms with Crippen LogP contribution in [0.1, 0.15) is 61.9 Å². The minimum absolute atomic E-state index is 0.110. The van der Waals surface area contributed by atoms with Crippen LogP contribution in [-0.4, -0.2) is 12.3 Å². The number of benzene rings is 4. The molecule has 4 aromatic rings. The van der Waals surface area contributed by atoms with Crippen LogP contribution in [0, 0.1) is 11.8 Å². The largest absolute Gasteiger partial charge is 0.0905 e. The lowest BCUT2D eigenvalue weighted by atomic mass is 9.84. The van der Waals surface area contributed by atoms with Gasteiger partial charge in [0, 0.05) is 0 Å². The summed E-state index contributed by atoms with van der Waals surface area (Å²) in [4.78, 5) is 0. The first-order valence-electron chi connectivity index (χ1n) is 15.3. The van der Waals surface area contributed by atoms with E-state index in [2.05, 4.69) is 162 Å². The molecule has 0 saturated heterocycles. The van der Waals surface area contributed by atoms with E-state index < -0.39 is 0 Å². The van der Waals surface area contributed by atoms with Crippen molar-refractivity contribution >= 4 is 29.9 Å². The highest BCUT2D eigenvalue weighted by Crippen LogP contribution is 2.40. The van der Waals surface area contributed by atoms with E-state index in [1.807, 2.05) is 0 Å². The van der Waals surface area contributed by atoms with Crippen LogP contribution in [-0.2, 0) is 0 Å². The number of hydrogen-bond donors (Lipinski definition) is 0. The van der Waals surface area contributed by atoms with E-state index in [0.717, 1.165) is 29.4 Å². The molecule has 0 heterocycles. The van der Waals surface area contributed by atoms with E-state index in [4.69, 9.17) is 0 Å². The zero-order valence-corrected chi connectivity index (χ0v) is 26.4. The molecule has 1 heteroatoms. The molecule has 0 aromatic heterocycles. The Hall–Kier alpha value is -3.73. The molecule has 0 atom stereocenters. The van der Waals surface area contributed by atoms with Gasteiger partial charge < -0.3 is 0 Å². The fraction of sp³-hybridized carbons (Fsp3) is 0.220. The summed E-state index contributed by atoms with van der Waals surface area (Å²) >= 11 is 0. The second-order valence-corrected chi connectivity index (χ2v) is 14.4. The highest BCUT2D eigenvalue weighted by molar-refractivity contribution is 7.65. The van der Waals surface area contributed by atoms with Gasteiger partial charge in [0.2, 0.25) is 0 Å². The summed E-state index contributed by atoms with van der Waals surface area (Å²) in [5.41, 5.74) is 11.0. The second kappa shape index (κ2) is 14.0. The summed E-state index contributed by atoms with van der Waals surface area (Å²) in [6, 6.07) is 39.5. The Morgan fingerprint density at radius 3 is 1.74 bits per heavy atom. The Morgan fingerprint density at radius 1 is 0.643 bits per heavy atom. The van der Waals surface area contributed by atoms with Crippen LogP contribution in [0.15, 0.2) is 140 Å². The molecule has 42 heavy (non-hydrogen) atoms. The van der Waals surface area contributed by atoms with Crippen LogP contribution in [0.4, 0.5) is 0 Å². The number of hydrogen-bond acceptors (Lipinski definition) is 0. The molecule has 0 unspecified atom stereocenters. The summed E-state index contributed by atoms with van der Waals surface area (Å²) in [6.45, 7) is 13.9. The maximum atomic E-state index is 4.53. The smallest absolute Gasteiger partial charge is 0.00699 e. The van der Waals surface area contributed by atoms with E-state index >= 15 is 0 Å². The number of allylic oxidation sites excluding steroid dienone is 5. The van der Waals surface area contributed by atoms with E-state index in [1.165, 1.54) is 51.3 Å². The molecular weight excluding hydrogens is 523 g/mol. The summed E-state index contributed by atoms with van der Waals surface area (Å²) in [7, 11) is -0.110. The van der Waals surface area contributed by atoms with Crippen molar-refractivity contribution in [2.75, 3.05) is 12.3 Å². The third kappa shape index (κ3) is 7.18. The van der Waals surface area contributed by atoms with Gasteiger partial charge in [-0.25, -0.2) is 0 Å². The second-order valence-electron chi connectivity index (χ2n) is 12.1. The van der Waals surface area contributed by atoms with Crippen LogP contribution in [0.5, 0.6) is 0 Å². The molecule has 1 aliphatic rings. The lowest BCUT2D eigenvalue weighted by Crippen LogP contribution is -2.12. The molecule has 0 radical (unpaired) electrons.